The summed E-state index contributed by atoms with van der Waals surface area (Å²) in [6.07, 6.45) is 1.84. The van der Waals surface area contributed by atoms with Gasteiger partial charge in [-0.25, -0.2) is 4.98 Å². The van der Waals surface area contributed by atoms with E-state index in [1.165, 1.54) is 5.56 Å². The quantitative estimate of drug-likeness (QED) is 0.885. The zero-order chi connectivity index (χ0) is 14.6. The molecule has 0 unspecified atom stereocenters. The third kappa shape index (κ3) is 4.05. The molecule has 1 aromatic carbocycles. The van der Waals surface area contributed by atoms with Crippen molar-refractivity contribution in [2.75, 3.05) is 6.61 Å². The zero-order valence-corrected chi connectivity index (χ0v) is 13.2. The second-order valence-electron chi connectivity index (χ2n) is 5.45. The van der Waals surface area contributed by atoms with E-state index >= 15 is 0 Å². The third-order valence-electron chi connectivity index (χ3n) is 3.10. The highest BCUT2D eigenvalue weighted by atomic mass is 32.1. The predicted molar refractivity (Wildman–Crippen MR) is 84.3 cm³/mol. The van der Waals surface area contributed by atoms with Gasteiger partial charge in [-0.3, -0.25) is 0 Å². The molecule has 2 rings (SSSR count). The molecule has 0 saturated carbocycles. The minimum Gasteiger partial charge on any atom is -0.493 e. The summed E-state index contributed by atoms with van der Waals surface area (Å²) in [5, 5.41) is 3.11. The summed E-state index contributed by atoms with van der Waals surface area (Å²) < 4.78 is 5.78. The maximum Gasteiger partial charge on any atom is 0.119 e. The van der Waals surface area contributed by atoms with Gasteiger partial charge in [0, 0.05) is 11.8 Å². The van der Waals surface area contributed by atoms with Gasteiger partial charge in [0.1, 0.15) is 5.75 Å². The van der Waals surface area contributed by atoms with Crippen LogP contribution in [-0.4, -0.2) is 11.6 Å². The van der Waals surface area contributed by atoms with Crippen molar-refractivity contribution in [3.63, 3.8) is 0 Å². The highest BCUT2D eigenvalue weighted by molar-refractivity contribution is 7.09. The second kappa shape index (κ2) is 6.37. The minimum atomic E-state index is -0.370. The van der Waals surface area contributed by atoms with Gasteiger partial charge >= 0.3 is 0 Å². The van der Waals surface area contributed by atoms with E-state index in [0.29, 0.717) is 6.61 Å². The summed E-state index contributed by atoms with van der Waals surface area (Å²) in [5.41, 5.74) is 7.91. The van der Waals surface area contributed by atoms with Crippen molar-refractivity contribution in [2.24, 2.45) is 5.73 Å². The molecule has 0 amide bonds. The van der Waals surface area contributed by atoms with Crippen LogP contribution in [0.4, 0.5) is 0 Å². The van der Waals surface area contributed by atoms with Crippen LogP contribution in [0.15, 0.2) is 29.6 Å². The number of rotatable bonds is 6. The summed E-state index contributed by atoms with van der Waals surface area (Å²) in [7, 11) is 0. The van der Waals surface area contributed by atoms with E-state index in [2.05, 4.69) is 24.0 Å². The maximum atomic E-state index is 6.03. The molecule has 108 valence electrons. The fourth-order valence-electron chi connectivity index (χ4n) is 1.83. The van der Waals surface area contributed by atoms with Crippen molar-refractivity contribution in [3.05, 3.63) is 45.9 Å². The second-order valence-corrected chi connectivity index (χ2v) is 6.39. The van der Waals surface area contributed by atoms with E-state index in [1.807, 2.05) is 31.4 Å². The Bertz CT molecular complexity index is 558. The Morgan fingerprint density at radius 3 is 2.80 bits per heavy atom. The number of benzene rings is 1. The monoisotopic (exact) mass is 290 g/mol. The van der Waals surface area contributed by atoms with Crippen LogP contribution in [0.1, 0.15) is 37.0 Å². The maximum absolute atomic E-state index is 6.03. The molecular weight excluding hydrogens is 268 g/mol. The Hall–Kier alpha value is -1.39. The number of hydrogen-bond donors (Lipinski definition) is 1. The lowest BCUT2D eigenvalue weighted by molar-refractivity contribution is 0.321. The van der Waals surface area contributed by atoms with Gasteiger partial charge in [-0.1, -0.05) is 19.1 Å². The summed E-state index contributed by atoms with van der Waals surface area (Å²) in [6, 6.07) is 8.24. The van der Waals surface area contributed by atoms with Crippen LogP contribution >= 0.6 is 11.3 Å². The first kappa shape index (κ1) is 15.0. The molecule has 20 heavy (non-hydrogen) atoms. The van der Waals surface area contributed by atoms with E-state index in [1.54, 1.807) is 11.3 Å². The number of nitrogens with two attached hydrogens (primary N) is 1. The summed E-state index contributed by atoms with van der Waals surface area (Å²) in [5.74, 6) is 0.931. The van der Waals surface area contributed by atoms with Gasteiger partial charge in [0.05, 0.1) is 22.8 Å². The van der Waals surface area contributed by atoms with Gasteiger partial charge in [0.25, 0.3) is 0 Å². The molecule has 0 radical (unpaired) electrons. The highest BCUT2D eigenvalue weighted by Gasteiger charge is 2.17. The SMILES string of the molecule is CCc1cccc(OCCc2nc(C(C)(C)N)cs2)c1. The van der Waals surface area contributed by atoms with E-state index in [9.17, 15) is 0 Å². The van der Waals surface area contributed by atoms with Crippen molar-refractivity contribution in [3.8, 4) is 5.75 Å². The number of aromatic nitrogens is 1. The lowest BCUT2D eigenvalue weighted by Crippen LogP contribution is -2.29. The average molecular weight is 290 g/mol. The molecule has 0 aliphatic rings. The summed E-state index contributed by atoms with van der Waals surface area (Å²) in [4.78, 5) is 4.56. The smallest absolute Gasteiger partial charge is 0.119 e. The van der Waals surface area contributed by atoms with Crippen molar-refractivity contribution in [2.45, 2.75) is 39.2 Å². The molecule has 1 aromatic heterocycles. The topological polar surface area (TPSA) is 48.1 Å². The average Bonchev–Trinajstić information content (AvgIpc) is 2.88. The van der Waals surface area contributed by atoms with Crippen LogP contribution in [-0.2, 0) is 18.4 Å². The van der Waals surface area contributed by atoms with Gasteiger partial charge in [-0.2, -0.15) is 0 Å². The first-order chi connectivity index (χ1) is 9.49. The van der Waals surface area contributed by atoms with Crippen molar-refractivity contribution in [1.29, 1.82) is 0 Å². The molecule has 0 saturated heterocycles. The largest absolute Gasteiger partial charge is 0.493 e. The Kier molecular flexibility index (Phi) is 4.78. The Morgan fingerprint density at radius 1 is 1.35 bits per heavy atom. The van der Waals surface area contributed by atoms with Crippen LogP contribution < -0.4 is 10.5 Å². The number of aryl methyl sites for hydroxylation is 1. The van der Waals surface area contributed by atoms with E-state index < -0.39 is 0 Å². The summed E-state index contributed by atoms with van der Waals surface area (Å²) in [6.45, 7) is 6.73. The van der Waals surface area contributed by atoms with Gasteiger partial charge < -0.3 is 10.5 Å². The number of nitrogens with zero attached hydrogens (tertiary/aromatic N) is 1. The standard InChI is InChI=1S/C16H22N2OS/c1-4-12-6-5-7-13(10-12)19-9-8-15-18-14(11-20-15)16(2,3)17/h5-7,10-11H,4,8-9,17H2,1-3H3. The van der Waals surface area contributed by atoms with E-state index in [0.717, 1.165) is 29.3 Å². The molecule has 0 spiro atoms. The van der Waals surface area contributed by atoms with Gasteiger partial charge in [-0.15, -0.1) is 11.3 Å². The number of ether oxygens (including phenoxy) is 1. The Labute approximate surface area is 124 Å². The first-order valence-corrected chi connectivity index (χ1v) is 7.82. The lowest BCUT2D eigenvalue weighted by Gasteiger charge is -2.14. The van der Waals surface area contributed by atoms with Crippen molar-refractivity contribution >= 4 is 11.3 Å². The molecule has 4 heteroatoms. The molecule has 0 aliphatic heterocycles. The zero-order valence-electron chi connectivity index (χ0n) is 12.3. The molecule has 0 fully saturated rings. The van der Waals surface area contributed by atoms with E-state index in [4.69, 9.17) is 10.5 Å². The fourth-order valence-corrected chi connectivity index (χ4v) is 2.79. The molecule has 3 nitrogen and oxygen atoms in total. The predicted octanol–water partition coefficient (Wildman–Crippen LogP) is 3.52. The Morgan fingerprint density at radius 2 is 2.15 bits per heavy atom. The van der Waals surface area contributed by atoms with Gasteiger partial charge in [-0.05, 0) is 38.0 Å². The summed E-state index contributed by atoms with van der Waals surface area (Å²) >= 11 is 1.65. The molecule has 0 aliphatic carbocycles. The van der Waals surface area contributed by atoms with Crippen molar-refractivity contribution in [1.82, 2.24) is 4.98 Å². The molecule has 0 atom stereocenters. The first-order valence-electron chi connectivity index (χ1n) is 6.94. The van der Waals surface area contributed by atoms with Crippen LogP contribution in [0, 0.1) is 0 Å². The lowest BCUT2D eigenvalue weighted by atomic mass is 10.0. The third-order valence-corrected chi connectivity index (χ3v) is 4.01. The Balaban J connectivity index is 1.88. The molecule has 1 heterocycles. The number of thiazole rings is 1. The van der Waals surface area contributed by atoms with Crippen molar-refractivity contribution < 1.29 is 4.74 Å². The molecule has 2 aromatic rings. The van der Waals surface area contributed by atoms with Crippen LogP contribution in [0.2, 0.25) is 0 Å². The fraction of sp³-hybridized carbons (Fsp3) is 0.438. The van der Waals surface area contributed by atoms with Gasteiger partial charge in [0.15, 0.2) is 0 Å². The van der Waals surface area contributed by atoms with Crippen LogP contribution in [0.5, 0.6) is 5.75 Å². The van der Waals surface area contributed by atoms with Crippen LogP contribution in [0.25, 0.3) is 0 Å². The number of hydrogen-bond acceptors (Lipinski definition) is 4. The van der Waals surface area contributed by atoms with Gasteiger partial charge in [0.2, 0.25) is 0 Å². The highest BCUT2D eigenvalue weighted by Crippen LogP contribution is 2.20. The normalized spacial score (nSPS) is 11.6. The molecule has 2 N–H and O–H groups in total. The van der Waals surface area contributed by atoms with Crippen LogP contribution in [0.3, 0.4) is 0 Å². The molecular formula is C16H22N2OS. The molecule has 0 bridgehead atoms. The minimum absolute atomic E-state index is 0.370. The van der Waals surface area contributed by atoms with E-state index in [-0.39, 0.29) is 5.54 Å².